The Hall–Kier alpha value is 0. The van der Waals surface area contributed by atoms with Gasteiger partial charge in [0, 0.05) is 0 Å². The fourth-order valence-corrected chi connectivity index (χ4v) is 7.00. The molecule has 0 amide bonds. The van der Waals surface area contributed by atoms with E-state index in [2.05, 4.69) is 6.92 Å². The van der Waals surface area contributed by atoms with Crippen molar-refractivity contribution < 1.29 is 0 Å². The highest BCUT2D eigenvalue weighted by molar-refractivity contribution is 5.38. The molecule has 0 radical (unpaired) electrons. The van der Waals surface area contributed by atoms with E-state index in [0.29, 0.717) is 0 Å². The molecule has 0 aliphatic heterocycles. The molecule has 5 aliphatic carbocycles. The normalized spacial score (nSPS) is 85.2. The minimum Gasteiger partial charge on any atom is -0.0585 e. The van der Waals surface area contributed by atoms with Crippen LogP contribution in [0.4, 0.5) is 0 Å². The molecule has 0 aromatic rings. The van der Waals surface area contributed by atoms with Crippen LogP contribution in [0.5, 0.6) is 0 Å². The van der Waals surface area contributed by atoms with Gasteiger partial charge in [-0.15, -0.1) is 0 Å². The maximum atomic E-state index is 2.65. The molecule has 0 bridgehead atoms. The zero-order chi connectivity index (χ0) is 7.72. The lowest BCUT2D eigenvalue weighted by Crippen LogP contribution is -2.82. The summed E-state index contributed by atoms with van der Waals surface area (Å²) >= 11 is 0. The molecule has 7 atom stereocenters. The molecule has 5 aliphatic rings. The molecule has 0 aromatic carbocycles. The standard InChI is InChI=1S/C12H16/c1-11-6-2-7-3-8-5-10(9(11)4-6)12(7,8)11/h6-10H,2-5H2,1H3. The van der Waals surface area contributed by atoms with Crippen molar-refractivity contribution in [2.24, 2.45) is 40.4 Å². The second-order valence-corrected chi connectivity index (χ2v) is 6.46. The van der Waals surface area contributed by atoms with E-state index in [4.69, 9.17) is 0 Å². The van der Waals surface area contributed by atoms with Crippen molar-refractivity contribution in [2.75, 3.05) is 0 Å². The Morgan fingerprint density at radius 2 is 1.50 bits per heavy atom. The molecule has 0 heterocycles. The summed E-state index contributed by atoms with van der Waals surface area (Å²) in [6, 6.07) is 0. The van der Waals surface area contributed by atoms with Gasteiger partial charge in [0.2, 0.25) is 0 Å². The summed E-state index contributed by atoms with van der Waals surface area (Å²) in [6.07, 6.45) is 6.55. The van der Waals surface area contributed by atoms with E-state index < -0.39 is 0 Å². The van der Waals surface area contributed by atoms with Crippen LogP contribution in [-0.4, -0.2) is 0 Å². The Kier molecular flexibility index (Phi) is 0.541. The smallest absolute Gasteiger partial charge is 0.0150 e. The summed E-state index contributed by atoms with van der Waals surface area (Å²) in [6.45, 7) is 2.65. The van der Waals surface area contributed by atoms with E-state index >= 15 is 0 Å². The molecule has 0 nitrogen and oxygen atoms in total. The summed E-state index contributed by atoms with van der Waals surface area (Å²) in [5.74, 6) is 6.08. The van der Waals surface area contributed by atoms with Gasteiger partial charge in [0.1, 0.15) is 0 Å². The fourth-order valence-electron chi connectivity index (χ4n) is 7.00. The third-order valence-corrected chi connectivity index (χ3v) is 7.22. The zero-order valence-electron chi connectivity index (χ0n) is 7.72. The molecule has 64 valence electrons. The van der Waals surface area contributed by atoms with Crippen molar-refractivity contribution in [2.45, 2.75) is 32.6 Å². The maximum Gasteiger partial charge on any atom is -0.0150 e. The van der Waals surface area contributed by atoms with Crippen LogP contribution < -0.4 is 0 Å². The third-order valence-electron chi connectivity index (χ3n) is 7.22. The molecule has 0 N–H and O–H groups in total. The highest BCUT2D eigenvalue weighted by atomic mass is 14.9. The minimum absolute atomic E-state index is 0.906. The van der Waals surface area contributed by atoms with E-state index in [1.165, 1.54) is 29.6 Å². The quantitative estimate of drug-likeness (QED) is 0.511. The van der Waals surface area contributed by atoms with Crippen molar-refractivity contribution in [1.82, 2.24) is 0 Å². The predicted octanol–water partition coefficient (Wildman–Crippen LogP) is 2.69. The summed E-state index contributed by atoms with van der Waals surface area (Å²) in [4.78, 5) is 0. The second kappa shape index (κ2) is 1.14. The van der Waals surface area contributed by atoms with E-state index in [1.54, 1.807) is 25.7 Å². The van der Waals surface area contributed by atoms with Gasteiger partial charge >= 0.3 is 0 Å². The molecule has 0 aromatic heterocycles. The third kappa shape index (κ3) is 0.233. The molecule has 0 saturated heterocycles. The first-order valence-corrected chi connectivity index (χ1v) is 5.79. The Labute approximate surface area is 73.7 Å². The molecular weight excluding hydrogens is 144 g/mol. The van der Waals surface area contributed by atoms with Crippen LogP contribution in [0.1, 0.15) is 32.6 Å². The van der Waals surface area contributed by atoms with Crippen LogP contribution in [0.15, 0.2) is 0 Å². The van der Waals surface area contributed by atoms with Crippen LogP contribution in [-0.2, 0) is 0 Å². The van der Waals surface area contributed by atoms with Crippen molar-refractivity contribution in [3.63, 3.8) is 0 Å². The van der Waals surface area contributed by atoms with Crippen LogP contribution >= 0.6 is 0 Å². The number of fused-ring (bicyclic) bond motifs is 1. The molecule has 1 spiro atoms. The molecule has 5 rings (SSSR count). The Bertz CT molecular complexity index is 291. The van der Waals surface area contributed by atoms with Crippen LogP contribution in [0.2, 0.25) is 0 Å². The molecule has 5 fully saturated rings. The van der Waals surface area contributed by atoms with Crippen LogP contribution in [0.3, 0.4) is 0 Å². The van der Waals surface area contributed by atoms with Crippen molar-refractivity contribution in [3.8, 4) is 0 Å². The molecule has 12 heavy (non-hydrogen) atoms. The van der Waals surface area contributed by atoms with Crippen molar-refractivity contribution in [1.29, 1.82) is 0 Å². The predicted molar refractivity (Wildman–Crippen MR) is 46.5 cm³/mol. The van der Waals surface area contributed by atoms with Crippen LogP contribution in [0.25, 0.3) is 0 Å². The van der Waals surface area contributed by atoms with Crippen molar-refractivity contribution >= 4 is 0 Å². The van der Waals surface area contributed by atoms with Gasteiger partial charge in [-0.25, -0.2) is 0 Å². The van der Waals surface area contributed by atoms with Gasteiger partial charge in [-0.3, -0.25) is 0 Å². The van der Waals surface area contributed by atoms with Gasteiger partial charge in [-0.2, -0.15) is 0 Å². The Morgan fingerprint density at radius 3 is 2.25 bits per heavy atom. The molecule has 7 unspecified atom stereocenters. The van der Waals surface area contributed by atoms with E-state index in [9.17, 15) is 0 Å². The Morgan fingerprint density at radius 1 is 0.833 bits per heavy atom. The summed E-state index contributed by atoms with van der Waals surface area (Å²) in [5, 5.41) is 0. The molecular formula is C12H16. The zero-order valence-corrected chi connectivity index (χ0v) is 7.72. The minimum atomic E-state index is 0.906. The van der Waals surface area contributed by atoms with Crippen LogP contribution in [0, 0.1) is 40.4 Å². The number of rotatable bonds is 0. The fraction of sp³-hybridized carbons (Fsp3) is 1.00. The first-order valence-electron chi connectivity index (χ1n) is 5.79. The number of hydrogen-bond donors (Lipinski definition) is 0. The van der Waals surface area contributed by atoms with Gasteiger partial charge in [0.05, 0.1) is 0 Å². The van der Waals surface area contributed by atoms with E-state index in [0.717, 1.165) is 10.8 Å². The lowest BCUT2D eigenvalue weighted by molar-refractivity contribution is -0.399. The highest BCUT2D eigenvalue weighted by Gasteiger charge is 2.91. The summed E-state index contributed by atoms with van der Waals surface area (Å²) in [7, 11) is 0. The first-order chi connectivity index (χ1) is 5.79. The average Bonchev–Trinajstić information content (AvgIpc) is 2.22. The van der Waals surface area contributed by atoms with Gasteiger partial charge in [-0.05, 0) is 66.1 Å². The molecule has 0 heteroatoms. The Balaban J connectivity index is 1.81. The lowest BCUT2D eigenvalue weighted by Gasteiger charge is -2.87. The highest BCUT2D eigenvalue weighted by Crippen LogP contribution is 2.97. The van der Waals surface area contributed by atoms with Gasteiger partial charge in [0.15, 0.2) is 0 Å². The van der Waals surface area contributed by atoms with Gasteiger partial charge in [-0.1, -0.05) is 6.92 Å². The summed E-state index contributed by atoms with van der Waals surface area (Å²) in [5.41, 5.74) is 1.89. The maximum absolute atomic E-state index is 2.65. The largest absolute Gasteiger partial charge is 0.0585 e. The SMILES string of the molecule is CC12C3CC1C1CC4CC(C3)C412. The topological polar surface area (TPSA) is 0 Å². The van der Waals surface area contributed by atoms with Gasteiger partial charge < -0.3 is 0 Å². The monoisotopic (exact) mass is 160 g/mol. The van der Waals surface area contributed by atoms with Gasteiger partial charge in [0.25, 0.3) is 0 Å². The van der Waals surface area contributed by atoms with E-state index in [-0.39, 0.29) is 0 Å². The van der Waals surface area contributed by atoms with E-state index in [1.807, 2.05) is 0 Å². The summed E-state index contributed by atoms with van der Waals surface area (Å²) < 4.78 is 0. The number of hydrogen-bond acceptors (Lipinski definition) is 0. The first kappa shape index (κ1) is 5.67. The average molecular weight is 160 g/mol. The van der Waals surface area contributed by atoms with Crippen molar-refractivity contribution in [3.05, 3.63) is 0 Å². The lowest BCUT2D eigenvalue weighted by atomic mass is 9.17. The molecule has 5 saturated carbocycles. The second-order valence-electron chi connectivity index (χ2n) is 6.46.